The molecule has 1 aromatic heterocycles. The number of rotatable bonds is 6. The van der Waals surface area contributed by atoms with Gasteiger partial charge in [0.25, 0.3) is 0 Å². The van der Waals surface area contributed by atoms with Gasteiger partial charge in [-0.1, -0.05) is 6.07 Å². The molecule has 3 rings (SSSR count). The summed E-state index contributed by atoms with van der Waals surface area (Å²) in [5.74, 6) is 2.60. The highest BCUT2D eigenvalue weighted by atomic mass is 16.5. The Hall–Kier alpha value is -2.69. The fourth-order valence-electron chi connectivity index (χ4n) is 2.33. The molecule has 0 aliphatic carbocycles. The van der Waals surface area contributed by atoms with Crippen molar-refractivity contribution in [2.24, 2.45) is 0 Å². The standard InChI is InChI=1S/C17H19N3O2/c1-21-12-7-9-13(10-8-12)22-11-3-6-16-19-15-5-2-4-14(18)17(15)20-16/h2,4-5,7-10H,3,6,11,18H2,1H3,(H,19,20). The summed E-state index contributed by atoms with van der Waals surface area (Å²) in [6.45, 7) is 0.638. The largest absolute Gasteiger partial charge is 0.497 e. The van der Waals surface area contributed by atoms with E-state index in [9.17, 15) is 0 Å². The van der Waals surface area contributed by atoms with E-state index in [1.54, 1.807) is 7.11 Å². The van der Waals surface area contributed by atoms with Crippen molar-refractivity contribution in [3.63, 3.8) is 0 Å². The van der Waals surface area contributed by atoms with Crippen molar-refractivity contribution < 1.29 is 9.47 Å². The van der Waals surface area contributed by atoms with Gasteiger partial charge < -0.3 is 20.2 Å². The van der Waals surface area contributed by atoms with Crippen LogP contribution in [0.3, 0.4) is 0 Å². The number of imidazole rings is 1. The van der Waals surface area contributed by atoms with E-state index >= 15 is 0 Å². The quantitative estimate of drug-likeness (QED) is 0.541. The SMILES string of the molecule is COc1ccc(OCCCc2nc3c(N)cccc3[nH]2)cc1. The van der Waals surface area contributed by atoms with Gasteiger partial charge in [0, 0.05) is 6.42 Å². The summed E-state index contributed by atoms with van der Waals surface area (Å²) in [4.78, 5) is 7.81. The molecule has 0 spiro atoms. The van der Waals surface area contributed by atoms with Gasteiger partial charge in [0.2, 0.25) is 0 Å². The summed E-state index contributed by atoms with van der Waals surface area (Å²) >= 11 is 0. The van der Waals surface area contributed by atoms with Crippen molar-refractivity contribution in [3.8, 4) is 11.5 Å². The zero-order valence-corrected chi connectivity index (χ0v) is 12.5. The van der Waals surface area contributed by atoms with Crippen molar-refractivity contribution >= 4 is 16.7 Å². The number of hydrogen-bond donors (Lipinski definition) is 2. The number of benzene rings is 2. The van der Waals surface area contributed by atoms with Gasteiger partial charge in [-0.05, 0) is 42.8 Å². The Morgan fingerprint density at radius 1 is 1.09 bits per heavy atom. The number of aryl methyl sites for hydroxylation is 1. The Morgan fingerprint density at radius 3 is 2.59 bits per heavy atom. The number of aromatic amines is 1. The van der Waals surface area contributed by atoms with Crippen LogP contribution in [0.5, 0.6) is 11.5 Å². The van der Waals surface area contributed by atoms with Crippen LogP contribution in [-0.2, 0) is 6.42 Å². The number of anilines is 1. The zero-order chi connectivity index (χ0) is 15.4. The summed E-state index contributed by atoms with van der Waals surface area (Å²) in [6.07, 6.45) is 1.70. The van der Waals surface area contributed by atoms with Crippen LogP contribution in [0.25, 0.3) is 11.0 Å². The van der Waals surface area contributed by atoms with Crippen molar-refractivity contribution in [2.75, 3.05) is 19.5 Å². The highest BCUT2D eigenvalue weighted by molar-refractivity contribution is 5.86. The van der Waals surface area contributed by atoms with Crippen LogP contribution in [0.1, 0.15) is 12.2 Å². The molecule has 0 radical (unpaired) electrons. The van der Waals surface area contributed by atoms with Crippen molar-refractivity contribution in [3.05, 3.63) is 48.3 Å². The Balaban J connectivity index is 1.52. The molecule has 0 unspecified atom stereocenters. The molecule has 0 fully saturated rings. The van der Waals surface area contributed by atoms with Gasteiger partial charge in [-0.25, -0.2) is 4.98 Å². The topological polar surface area (TPSA) is 73.2 Å². The Kier molecular flexibility index (Phi) is 4.14. The molecule has 5 nitrogen and oxygen atoms in total. The monoisotopic (exact) mass is 297 g/mol. The third-order valence-electron chi connectivity index (χ3n) is 3.48. The summed E-state index contributed by atoms with van der Waals surface area (Å²) < 4.78 is 10.8. The summed E-state index contributed by atoms with van der Waals surface area (Å²) in [6, 6.07) is 13.3. The van der Waals surface area contributed by atoms with Gasteiger partial charge >= 0.3 is 0 Å². The number of hydrogen-bond acceptors (Lipinski definition) is 4. The van der Waals surface area contributed by atoms with E-state index in [0.29, 0.717) is 12.3 Å². The van der Waals surface area contributed by atoms with E-state index in [1.807, 2.05) is 42.5 Å². The molecular weight excluding hydrogens is 278 g/mol. The van der Waals surface area contributed by atoms with E-state index < -0.39 is 0 Å². The first-order valence-corrected chi connectivity index (χ1v) is 7.26. The lowest BCUT2D eigenvalue weighted by atomic mass is 10.3. The molecule has 0 atom stereocenters. The molecule has 0 saturated carbocycles. The van der Waals surface area contributed by atoms with E-state index in [1.165, 1.54) is 0 Å². The molecule has 2 aromatic carbocycles. The first-order valence-electron chi connectivity index (χ1n) is 7.26. The van der Waals surface area contributed by atoms with Crippen molar-refractivity contribution in [2.45, 2.75) is 12.8 Å². The number of fused-ring (bicyclic) bond motifs is 1. The van der Waals surface area contributed by atoms with Gasteiger partial charge in [0.05, 0.1) is 24.9 Å². The second kappa shape index (κ2) is 6.39. The van der Waals surface area contributed by atoms with Gasteiger partial charge in [-0.3, -0.25) is 0 Å². The second-order valence-corrected chi connectivity index (χ2v) is 5.05. The molecule has 0 bridgehead atoms. The molecule has 0 aliphatic heterocycles. The van der Waals surface area contributed by atoms with Crippen LogP contribution in [0.15, 0.2) is 42.5 Å². The van der Waals surface area contributed by atoms with E-state index in [2.05, 4.69) is 9.97 Å². The van der Waals surface area contributed by atoms with E-state index in [-0.39, 0.29) is 0 Å². The minimum absolute atomic E-state index is 0.638. The molecule has 3 aromatic rings. The Morgan fingerprint density at radius 2 is 1.86 bits per heavy atom. The van der Waals surface area contributed by atoms with Crippen molar-refractivity contribution in [1.82, 2.24) is 9.97 Å². The predicted octanol–water partition coefficient (Wildman–Crippen LogP) is 3.17. The molecule has 1 heterocycles. The lowest BCUT2D eigenvalue weighted by Crippen LogP contribution is -2.00. The third-order valence-corrected chi connectivity index (χ3v) is 3.48. The molecular formula is C17H19N3O2. The maximum Gasteiger partial charge on any atom is 0.119 e. The fourth-order valence-corrected chi connectivity index (χ4v) is 2.33. The van der Waals surface area contributed by atoms with Crippen LogP contribution in [0.2, 0.25) is 0 Å². The zero-order valence-electron chi connectivity index (χ0n) is 12.5. The maximum atomic E-state index is 5.91. The minimum Gasteiger partial charge on any atom is -0.497 e. The molecule has 5 heteroatoms. The van der Waals surface area contributed by atoms with Crippen LogP contribution in [-0.4, -0.2) is 23.7 Å². The van der Waals surface area contributed by atoms with Crippen molar-refractivity contribution in [1.29, 1.82) is 0 Å². The lowest BCUT2D eigenvalue weighted by Gasteiger charge is -2.06. The number of para-hydroxylation sites is 1. The van der Waals surface area contributed by atoms with Gasteiger partial charge in [-0.15, -0.1) is 0 Å². The number of nitrogens with zero attached hydrogens (tertiary/aromatic N) is 1. The number of ether oxygens (including phenoxy) is 2. The first-order chi connectivity index (χ1) is 10.8. The average Bonchev–Trinajstić information content (AvgIpc) is 2.97. The van der Waals surface area contributed by atoms with Gasteiger partial charge in [0.1, 0.15) is 22.8 Å². The van der Waals surface area contributed by atoms with Crippen LogP contribution < -0.4 is 15.2 Å². The lowest BCUT2D eigenvalue weighted by molar-refractivity contribution is 0.309. The number of nitrogens with one attached hydrogen (secondary N) is 1. The normalized spacial score (nSPS) is 10.8. The predicted molar refractivity (Wildman–Crippen MR) is 87.3 cm³/mol. The summed E-state index contributed by atoms with van der Waals surface area (Å²) in [5, 5.41) is 0. The first kappa shape index (κ1) is 14.3. The van der Waals surface area contributed by atoms with Crippen LogP contribution in [0, 0.1) is 0 Å². The number of aromatic nitrogens is 2. The molecule has 3 N–H and O–H groups in total. The molecule has 114 valence electrons. The molecule has 0 aliphatic rings. The fraction of sp³-hybridized carbons (Fsp3) is 0.235. The number of nitrogens with two attached hydrogens (primary N) is 1. The van der Waals surface area contributed by atoms with Crippen LogP contribution >= 0.6 is 0 Å². The van der Waals surface area contributed by atoms with Gasteiger partial charge in [0.15, 0.2) is 0 Å². The minimum atomic E-state index is 0.638. The highest BCUT2D eigenvalue weighted by Crippen LogP contribution is 2.19. The Bertz CT molecular complexity index is 750. The third kappa shape index (κ3) is 3.14. The molecule has 0 saturated heterocycles. The molecule has 0 amide bonds. The maximum absolute atomic E-state index is 5.91. The Labute approximate surface area is 129 Å². The number of H-pyrrole nitrogens is 1. The van der Waals surface area contributed by atoms with Crippen LogP contribution in [0.4, 0.5) is 5.69 Å². The average molecular weight is 297 g/mol. The van der Waals surface area contributed by atoms with E-state index in [0.717, 1.165) is 41.2 Å². The van der Waals surface area contributed by atoms with E-state index in [4.69, 9.17) is 15.2 Å². The number of methoxy groups -OCH3 is 1. The second-order valence-electron chi connectivity index (χ2n) is 5.05. The highest BCUT2D eigenvalue weighted by Gasteiger charge is 2.05. The molecule has 22 heavy (non-hydrogen) atoms. The summed E-state index contributed by atoms with van der Waals surface area (Å²) in [5.41, 5.74) is 8.43. The van der Waals surface area contributed by atoms with Gasteiger partial charge in [-0.2, -0.15) is 0 Å². The summed E-state index contributed by atoms with van der Waals surface area (Å²) in [7, 11) is 1.65. The smallest absolute Gasteiger partial charge is 0.119 e. The number of nitrogen functional groups attached to an aromatic ring is 1.